The highest BCUT2D eigenvalue weighted by Crippen LogP contribution is 2.44. The van der Waals surface area contributed by atoms with Crippen molar-refractivity contribution in [2.24, 2.45) is 11.8 Å². The van der Waals surface area contributed by atoms with E-state index in [1.165, 1.54) is 13.3 Å². The molecule has 2 saturated carbocycles. The van der Waals surface area contributed by atoms with Gasteiger partial charge in [-0.05, 0) is 50.2 Å². The lowest BCUT2D eigenvalue weighted by Crippen LogP contribution is -2.51. The number of hydrogen-bond acceptors (Lipinski definition) is 3. The van der Waals surface area contributed by atoms with E-state index in [-0.39, 0.29) is 11.7 Å². The van der Waals surface area contributed by atoms with Crippen LogP contribution in [0, 0.1) is 23.5 Å². The van der Waals surface area contributed by atoms with Crippen LogP contribution in [0.1, 0.15) is 32.6 Å². The van der Waals surface area contributed by atoms with Gasteiger partial charge in [-0.25, -0.2) is 17.2 Å². The van der Waals surface area contributed by atoms with Crippen LogP contribution in [0.15, 0.2) is 18.2 Å². The molecule has 5 nitrogen and oxygen atoms in total. The third-order valence-corrected chi connectivity index (χ3v) is 6.55. The van der Waals surface area contributed by atoms with Crippen LogP contribution in [0.3, 0.4) is 0 Å². The second kappa shape index (κ2) is 6.55. The molecular formula is C17H22F2N2O3S. The molecule has 4 atom stereocenters. The van der Waals surface area contributed by atoms with Crippen LogP contribution in [0.5, 0.6) is 0 Å². The lowest BCUT2D eigenvalue weighted by Gasteiger charge is -2.31. The zero-order chi connectivity index (χ0) is 18.4. The highest BCUT2D eigenvalue weighted by Gasteiger charge is 2.41. The van der Waals surface area contributed by atoms with Crippen LogP contribution in [-0.4, -0.2) is 32.7 Å². The summed E-state index contributed by atoms with van der Waals surface area (Å²) in [6.45, 7) is 1.45. The smallest absolute Gasteiger partial charge is 0.243 e. The summed E-state index contributed by atoms with van der Waals surface area (Å²) in [7, 11) is -3.85. The highest BCUT2D eigenvalue weighted by atomic mass is 32.2. The predicted octanol–water partition coefficient (Wildman–Crippen LogP) is 2.42. The van der Waals surface area contributed by atoms with E-state index in [9.17, 15) is 22.0 Å². The Morgan fingerprint density at radius 3 is 2.48 bits per heavy atom. The first kappa shape index (κ1) is 18.1. The zero-order valence-electron chi connectivity index (χ0n) is 14.2. The first-order valence-electron chi connectivity index (χ1n) is 8.41. The van der Waals surface area contributed by atoms with Gasteiger partial charge < -0.3 is 5.32 Å². The molecule has 0 aliphatic heterocycles. The monoisotopic (exact) mass is 372 g/mol. The lowest BCUT2D eigenvalue weighted by atomic mass is 9.95. The summed E-state index contributed by atoms with van der Waals surface area (Å²) in [5.41, 5.74) is -0.0722. The highest BCUT2D eigenvalue weighted by molar-refractivity contribution is 7.92. The van der Waals surface area contributed by atoms with Crippen molar-refractivity contribution >= 4 is 21.6 Å². The molecule has 8 heteroatoms. The minimum absolute atomic E-state index is 0.0695. The number of hydrogen-bond donors (Lipinski definition) is 1. The Labute approximate surface area is 146 Å². The van der Waals surface area contributed by atoms with E-state index in [1.807, 2.05) is 0 Å². The molecule has 138 valence electrons. The van der Waals surface area contributed by atoms with E-state index in [0.29, 0.717) is 11.8 Å². The van der Waals surface area contributed by atoms with E-state index in [1.54, 1.807) is 0 Å². The van der Waals surface area contributed by atoms with Gasteiger partial charge in [-0.15, -0.1) is 0 Å². The normalized spacial score (nSPS) is 26.5. The number of nitrogens with zero attached hydrogens (tertiary/aromatic N) is 1. The molecule has 2 fully saturated rings. The fourth-order valence-electron chi connectivity index (χ4n) is 4.16. The van der Waals surface area contributed by atoms with Crippen LogP contribution in [0.4, 0.5) is 14.5 Å². The maximum absolute atomic E-state index is 13.5. The van der Waals surface area contributed by atoms with Gasteiger partial charge in [-0.3, -0.25) is 9.10 Å². The van der Waals surface area contributed by atoms with Gasteiger partial charge in [-0.2, -0.15) is 0 Å². The van der Waals surface area contributed by atoms with Gasteiger partial charge in [0.25, 0.3) is 0 Å². The molecular weight excluding hydrogens is 350 g/mol. The summed E-state index contributed by atoms with van der Waals surface area (Å²) in [6.07, 6.45) is 5.25. The van der Waals surface area contributed by atoms with Crippen molar-refractivity contribution in [2.45, 2.75) is 44.7 Å². The molecule has 25 heavy (non-hydrogen) atoms. The van der Waals surface area contributed by atoms with Gasteiger partial charge in [0.2, 0.25) is 15.9 Å². The van der Waals surface area contributed by atoms with Crippen LogP contribution < -0.4 is 9.62 Å². The number of carbonyl (C=O) groups excluding carboxylic acids is 1. The van der Waals surface area contributed by atoms with Crippen molar-refractivity contribution in [1.82, 2.24) is 5.32 Å². The molecule has 2 aliphatic rings. The van der Waals surface area contributed by atoms with Gasteiger partial charge in [-0.1, -0.05) is 6.42 Å². The average molecular weight is 372 g/mol. The van der Waals surface area contributed by atoms with Gasteiger partial charge >= 0.3 is 0 Å². The number of anilines is 1. The molecule has 2 bridgehead atoms. The number of rotatable bonds is 5. The third kappa shape index (κ3) is 3.63. The second-order valence-electron chi connectivity index (χ2n) is 7.12. The topological polar surface area (TPSA) is 66.5 Å². The lowest BCUT2D eigenvalue weighted by molar-refractivity contribution is -0.122. The van der Waals surface area contributed by atoms with Crippen molar-refractivity contribution in [3.8, 4) is 0 Å². The van der Waals surface area contributed by atoms with E-state index >= 15 is 0 Å². The summed E-state index contributed by atoms with van der Waals surface area (Å²) >= 11 is 0. The molecule has 1 N–H and O–H groups in total. The Morgan fingerprint density at radius 2 is 1.96 bits per heavy atom. The van der Waals surface area contributed by atoms with Crippen molar-refractivity contribution in [2.75, 3.05) is 10.6 Å². The second-order valence-corrected chi connectivity index (χ2v) is 8.98. The quantitative estimate of drug-likeness (QED) is 0.863. The fraction of sp³-hybridized carbons (Fsp3) is 0.588. The molecule has 3 rings (SSSR count). The molecule has 0 spiro atoms. The molecule has 0 heterocycles. The number of amides is 1. The first-order valence-corrected chi connectivity index (χ1v) is 10.3. The molecule has 0 aromatic heterocycles. The summed E-state index contributed by atoms with van der Waals surface area (Å²) in [6, 6.07) is 1.81. The number of fused-ring (bicyclic) bond motifs is 2. The standard InChI is InChI=1S/C17H22F2N2O3S/c1-10(17(22)20-16-8-11-3-4-12(16)7-11)21(25(2,23)24)13-5-6-14(18)15(19)9-13/h5-6,9-12,16H,3-4,7-8H2,1-2H3,(H,20,22). The van der Waals surface area contributed by atoms with E-state index in [2.05, 4.69) is 5.32 Å². The Bertz CT molecular complexity index is 784. The van der Waals surface area contributed by atoms with Gasteiger partial charge in [0.1, 0.15) is 6.04 Å². The average Bonchev–Trinajstić information content (AvgIpc) is 3.12. The molecule has 0 radical (unpaired) electrons. The van der Waals surface area contributed by atoms with Gasteiger partial charge in [0, 0.05) is 12.1 Å². The third-order valence-electron chi connectivity index (χ3n) is 5.31. The Kier molecular flexibility index (Phi) is 4.74. The number of carbonyl (C=O) groups is 1. The maximum atomic E-state index is 13.5. The Balaban J connectivity index is 1.80. The number of benzene rings is 1. The molecule has 1 aromatic carbocycles. The largest absolute Gasteiger partial charge is 0.351 e. The number of sulfonamides is 1. The SMILES string of the molecule is CC(C(=O)NC1CC2CCC1C2)N(c1ccc(F)c(F)c1)S(C)(=O)=O. The zero-order valence-corrected chi connectivity index (χ0v) is 15.0. The van der Waals surface area contributed by atoms with Gasteiger partial charge in [0.05, 0.1) is 11.9 Å². The minimum atomic E-state index is -3.85. The maximum Gasteiger partial charge on any atom is 0.243 e. The summed E-state index contributed by atoms with van der Waals surface area (Å²) in [4.78, 5) is 12.6. The predicted molar refractivity (Wildman–Crippen MR) is 90.5 cm³/mol. The molecule has 4 unspecified atom stereocenters. The fourth-order valence-corrected chi connectivity index (χ4v) is 5.32. The van der Waals surface area contributed by atoms with Crippen molar-refractivity contribution < 1.29 is 22.0 Å². The van der Waals surface area contributed by atoms with Crippen LogP contribution in [0.2, 0.25) is 0 Å². The van der Waals surface area contributed by atoms with Crippen molar-refractivity contribution in [3.05, 3.63) is 29.8 Å². The summed E-state index contributed by atoms with van der Waals surface area (Å²) in [5, 5.41) is 2.95. The van der Waals surface area contributed by atoms with Crippen LogP contribution in [-0.2, 0) is 14.8 Å². The first-order chi connectivity index (χ1) is 11.7. The summed E-state index contributed by atoms with van der Waals surface area (Å²) in [5.74, 6) is -1.56. The van der Waals surface area contributed by atoms with E-state index in [4.69, 9.17) is 0 Å². The Hall–Kier alpha value is -1.70. The molecule has 0 saturated heterocycles. The molecule has 1 aromatic rings. The number of nitrogens with one attached hydrogen (secondary N) is 1. The minimum Gasteiger partial charge on any atom is -0.351 e. The van der Waals surface area contributed by atoms with Crippen molar-refractivity contribution in [3.63, 3.8) is 0 Å². The molecule has 1 amide bonds. The van der Waals surface area contributed by atoms with Crippen LogP contribution >= 0.6 is 0 Å². The van der Waals surface area contributed by atoms with Crippen LogP contribution in [0.25, 0.3) is 0 Å². The van der Waals surface area contributed by atoms with E-state index < -0.39 is 33.6 Å². The van der Waals surface area contributed by atoms with E-state index in [0.717, 1.165) is 48.0 Å². The van der Waals surface area contributed by atoms with Gasteiger partial charge in [0.15, 0.2) is 11.6 Å². The van der Waals surface area contributed by atoms with Crippen molar-refractivity contribution in [1.29, 1.82) is 0 Å². The Morgan fingerprint density at radius 1 is 1.24 bits per heavy atom. The summed E-state index contributed by atoms with van der Waals surface area (Å²) < 4.78 is 51.8. The number of halogens is 2. The molecule has 2 aliphatic carbocycles.